The van der Waals surface area contributed by atoms with Gasteiger partial charge in [-0.3, -0.25) is 0 Å². The minimum atomic E-state index is -0.234. The number of nitrogens with zero attached hydrogens (tertiary/aromatic N) is 2. The lowest BCUT2D eigenvalue weighted by Gasteiger charge is -2.35. The molecule has 2 aromatic rings. The molecule has 0 spiro atoms. The number of piperidine rings is 1. The van der Waals surface area contributed by atoms with Crippen LogP contribution in [0.2, 0.25) is 0 Å². The molecule has 0 aromatic heterocycles. The van der Waals surface area contributed by atoms with Crippen LogP contribution in [0, 0.1) is 11.3 Å². The smallest absolute Gasteiger partial charge is 0.410 e. The molecule has 25 heavy (non-hydrogen) atoms. The van der Waals surface area contributed by atoms with Crippen molar-refractivity contribution in [2.45, 2.75) is 38.3 Å². The molecule has 1 fully saturated rings. The van der Waals surface area contributed by atoms with Gasteiger partial charge >= 0.3 is 6.09 Å². The molecule has 1 unspecified atom stereocenters. The summed E-state index contributed by atoms with van der Waals surface area (Å²) in [6.07, 6.45) is 3.70. The summed E-state index contributed by atoms with van der Waals surface area (Å²) in [5, 5.41) is 8.90. The topological polar surface area (TPSA) is 53.3 Å². The van der Waals surface area contributed by atoms with Crippen LogP contribution < -0.4 is 0 Å². The van der Waals surface area contributed by atoms with E-state index in [-0.39, 0.29) is 12.1 Å². The van der Waals surface area contributed by atoms with Crippen LogP contribution >= 0.6 is 0 Å². The average Bonchev–Trinajstić information content (AvgIpc) is 2.68. The van der Waals surface area contributed by atoms with E-state index < -0.39 is 0 Å². The van der Waals surface area contributed by atoms with Crippen molar-refractivity contribution in [2.75, 3.05) is 6.54 Å². The van der Waals surface area contributed by atoms with Crippen LogP contribution in [0.15, 0.2) is 54.6 Å². The Labute approximate surface area is 148 Å². The molecule has 3 rings (SSSR count). The highest BCUT2D eigenvalue weighted by Gasteiger charge is 2.27. The van der Waals surface area contributed by atoms with Gasteiger partial charge in [-0.1, -0.05) is 42.5 Å². The van der Waals surface area contributed by atoms with E-state index in [2.05, 4.69) is 6.07 Å². The number of ether oxygens (including phenoxy) is 1. The first-order chi connectivity index (χ1) is 12.3. The minimum Gasteiger partial charge on any atom is -0.445 e. The van der Waals surface area contributed by atoms with E-state index in [0.29, 0.717) is 12.2 Å². The van der Waals surface area contributed by atoms with Crippen molar-refractivity contribution in [1.29, 1.82) is 5.26 Å². The molecule has 0 bridgehead atoms. The third kappa shape index (κ3) is 4.60. The van der Waals surface area contributed by atoms with Gasteiger partial charge in [0.2, 0.25) is 0 Å². The molecule has 0 radical (unpaired) electrons. The van der Waals surface area contributed by atoms with Crippen molar-refractivity contribution in [3.8, 4) is 6.07 Å². The van der Waals surface area contributed by atoms with Gasteiger partial charge in [0.15, 0.2) is 0 Å². The molecule has 2 aromatic carbocycles. The fourth-order valence-electron chi connectivity index (χ4n) is 3.24. The Kier molecular flexibility index (Phi) is 5.69. The lowest BCUT2D eigenvalue weighted by Crippen LogP contribution is -2.45. The number of hydrogen-bond donors (Lipinski definition) is 0. The maximum atomic E-state index is 12.5. The molecular formula is C21H22N2O2. The Morgan fingerprint density at radius 2 is 1.84 bits per heavy atom. The second-order valence-electron chi connectivity index (χ2n) is 6.40. The van der Waals surface area contributed by atoms with Crippen molar-refractivity contribution >= 4 is 6.09 Å². The molecule has 1 amide bonds. The molecule has 0 aliphatic carbocycles. The van der Waals surface area contributed by atoms with Crippen molar-refractivity contribution in [2.24, 2.45) is 0 Å². The molecule has 128 valence electrons. The number of carbonyl (C=O) groups excluding carboxylic acids is 1. The summed E-state index contributed by atoms with van der Waals surface area (Å²) < 4.78 is 5.52. The van der Waals surface area contributed by atoms with Gasteiger partial charge in [-0.2, -0.15) is 5.26 Å². The zero-order chi connectivity index (χ0) is 17.5. The number of nitriles is 1. The van der Waals surface area contributed by atoms with Crippen molar-refractivity contribution in [3.63, 3.8) is 0 Å². The van der Waals surface area contributed by atoms with Crippen LogP contribution in [0.1, 0.15) is 36.0 Å². The lowest BCUT2D eigenvalue weighted by atomic mass is 9.95. The third-order valence-corrected chi connectivity index (χ3v) is 4.62. The van der Waals surface area contributed by atoms with Gasteiger partial charge in [0.25, 0.3) is 0 Å². The number of amides is 1. The van der Waals surface area contributed by atoms with Crippen molar-refractivity contribution < 1.29 is 9.53 Å². The zero-order valence-corrected chi connectivity index (χ0v) is 14.2. The van der Waals surface area contributed by atoms with Crippen LogP contribution in [0.4, 0.5) is 4.79 Å². The van der Waals surface area contributed by atoms with E-state index in [9.17, 15) is 4.79 Å². The molecule has 1 aliphatic rings. The summed E-state index contributed by atoms with van der Waals surface area (Å²) in [6, 6.07) is 19.6. The van der Waals surface area contributed by atoms with Crippen LogP contribution in [-0.4, -0.2) is 23.6 Å². The van der Waals surface area contributed by atoms with E-state index in [1.165, 1.54) is 0 Å². The maximum absolute atomic E-state index is 12.5. The third-order valence-electron chi connectivity index (χ3n) is 4.62. The fourth-order valence-corrected chi connectivity index (χ4v) is 3.24. The second kappa shape index (κ2) is 8.34. The Bertz CT molecular complexity index is 735. The van der Waals surface area contributed by atoms with Crippen LogP contribution in [0.25, 0.3) is 0 Å². The van der Waals surface area contributed by atoms with E-state index in [1.807, 2.05) is 59.5 Å². The van der Waals surface area contributed by atoms with Crippen LogP contribution in [-0.2, 0) is 17.8 Å². The van der Waals surface area contributed by atoms with E-state index >= 15 is 0 Å². The zero-order valence-electron chi connectivity index (χ0n) is 14.2. The summed E-state index contributed by atoms with van der Waals surface area (Å²) in [5.74, 6) is 0. The lowest BCUT2D eigenvalue weighted by molar-refractivity contribution is 0.0681. The highest BCUT2D eigenvalue weighted by molar-refractivity contribution is 5.68. The van der Waals surface area contributed by atoms with E-state index in [0.717, 1.165) is 43.4 Å². The summed E-state index contributed by atoms with van der Waals surface area (Å²) >= 11 is 0. The Balaban J connectivity index is 1.61. The summed E-state index contributed by atoms with van der Waals surface area (Å²) in [6.45, 7) is 1.05. The van der Waals surface area contributed by atoms with Crippen LogP contribution in [0.3, 0.4) is 0 Å². The highest BCUT2D eigenvalue weighted by Crippen LogP contribution is 2.22. The largest absolute Gasteiger partial charge is 0.445 e. The molecule has 1 aliphatic heterocycles. The van der Waals surface area contributed by atoms with Gasteiger partial charge in [-0.05, 0) is 48.9 Å². The predicted molar refractivity (Wildman–Crippen MR) is 95.8 cm³/mol. The molecule has 4 heteroatoms. The summed E-state index contributed by atoms with van der Waals surface area (Å²) in [5.41, 5.74) is 2.80. The minimum absolute atomic E-state index is 0.157. The monoisotopic (exact) mass is 334 g/mol. The van der Waals surface area contributed by atoms with Crippen molar-refractivity contribution in [3.05, 3.63) is 71.3 Å². The quantitative estimate of drug-likeness (QED) is 0.838. The number of carbonyl (C=O) groups is 1. The molecular weight excluding hydrogens is 312 g/mol. The second-order valence-corrected chi connectivity index (χ2v) is 6.40. The molecule has 0 N–H and O–H groups in total. The Hall–Kier alpha value is -2.80. The number of likely N-dealkylation sites (tertiary alicyclic amines) is 1. The first kappa shape index (κ1) is 17.0. The summed E-state index contributed by atoms with van der Waals surface area (Å²) in [4.78, 5) is 14.4. The Morgan fingerprint density at radius 3 is 2.56 bits per heavy atom. The van der Waals surface area contributed by atoms with Crippen LogP contribution in [0.5, 0.6) is 0 Å². The molecule has 1 heterocycles. The van der Waals surface area contributed by atoms with Gasteiger partial charge in [-0.15, -0.1) is 0 Å². The standard InChI is InChI=1S/C21H22N2O2/c22-15-18-11-9-17(10-12-18)14-20-8-4-5-13-23(20)21(24)25-16-19-6-2-1-3-7-19/h1-3,6-7,9-12,20H,4-5,8,13-14,16H2. The predicted octanol–water partition coefficient (Wildman–Crippen LogP) is 4.29. The fraction of sp³-hybridized carbons (Fsp3) is 0.333. The summed E-state index contributed by atoms with van der Waals surface area (Å²) in [7, 11) is 0. The van der Waals surface area contributed by atoms with Gasteiger partial charge in [0.1, 0.15) is 6.61 Å². The molecule has 4 nitrogen and oxygen atoms in total. The van der Waals surface area contributed by atoms with Gasteiger partial charge in [0, 0.05) is 12.6 Å². The average molecular weight is 334 g/mol. The van der Waals surface area contributed by atoms with Crippen molar-refractivity contribution in [1.82, 2.24) is 4.90 Å². The van der Waals surface area contributed by atoms with E-state index in [4.69, 9.17) is 10.00 Å². The maximum Gasteiger partial charge on any atom is 0.410 e. The number of rotatable bonds is 4. The SMILES string of the molecule is N#Cc1ccc(CC2CCCCN2C(=O)OCc2ccccc2)cc1. The molecule has 1 saturated heterocycles. The molecule has 1 atom stereocenters. The first-order valence-corrected chi connectivity index (χ1v) is 8.72. The molecule has 0 saturated carbocycles. The first-order valence-electron chi connectivity index (χ1n) is 8.72. The van der Waals surface area contributed by atoms with Gasteiger partial charge in [-0.25, -0.2) is 4.79 Å². The van der Waals surface area contributed by atoms with Gasteiger partial charge in [0.05, 0.1) is 11.6 Å². The van der Waals surface area contributed by atoms with E-state index in [1.54, 1.807) is 0 Å². The Morgan fingerprint density at radius 1 is 1.08 bits per heavy atom. The number of benzene rings is 2. The number of hydrogen-bond acceptors (Lipinski definition) is 3. The highest BCUT2D eigenvalue weighted by atomic mass is 16.6. The normalized spacial score (nSPS) is 16.9. The van der Waals surface area contributed by atoms with Gasteiger partial charge < -0.3 is 9.64 Å².